The van der Waals surface area contributed by atoms with Gasteiger partial charge in [0.05, 0.1) is 5.69 Å². The second kappa shape index (κ2) is 4.85. The molecule has 1 fully saturated rings. The van der Waals surface area contributed by atoms with Crippen LogP contribution in [0.5, 0.6) is 0 Å². The highest BCUT2D eigenvalue weighted by molar-refractivity contribution is 7.89. The maximum Gasteiger partial charge on any atom is 0.242 e. The predicted octanol–water partition coefficient (Wildman–Crippen LogP) is 1.73. The predicted molar refractivity (Wildman–Crippen MR) is 67.9 cm³/mol. The Hall–Kier alpha value is -1.14. The maximum atomic E-state index is 13.1. The van der Waals surface area contributed by atoms with Crippen LogP contribution in [0.2, 0.25) is 0 Å². The molecule has 0 aromatic heterocycles. The van der Waals surface area contributed by atoms with Crippen LogP contribution in [0, 0.1) is 17.7 Å². The summed E-state index contributed by atoms with van der Waals surface area (Å²) in [4.78, 5) is -0.189. The summed E-state index contributed by atoms with van der Waals surface area (Å²) in [6.45, 7) is 2.37. The second-order valence-corrected chi connectivity index (χ2v) is 6.58. The number of nitrogens with one attached hydrogen (secondary N) is 1. The summed E-state index contributed by atoms with van der Waals surface area (Å²) >= 11 is 0. The van der Waals surface area contributed by atoms with Crippen molar-refractivity contribution in [1.82, 2.24) is 4.72 Å². The first-order valence-electron chi connectivity index (χ1n) is 5.95. The van der Waals surface area contributed by atoms with Crippen LogP contribution in [-0.2, 0) is 10.0 Å². The van der Waals surface area contributed by atoms with E-state index in [0.717, 1.165) is 25.0 Å². The molecule has 0 radical (unpaired) electrons. The fraction of sp³-hybridized carbons (Fsp3) is 0.500. The van der Waals surface area contributed by atoms with Crippen molar-refractivity contribution >= 4 is 15.7 Å². The smallest absolute Gasteiger partial charge is 0.242 e. The lowest BCUT2D eigenvalue weighted by molar-refractivity contribution is 0.491. The van der Waals surface area contributed by atoms with Crippen LogP contribution in [-0.4, -0.2) is 15.0 Å². The van der Waals surface area contributed by atoms with E-state index in [4.69, 9.17) is 5.73 Å². The van der Waals surface area contributed by atoms with Crippen LogP contribution >= 0.6 is 0 Å². The van der Waals surface area contributed by atoms with Crippen molar-refractivity contribution in [2.75, 3.05) is 12.3 Å². The Morgan fingerprint density at radius 1 is 1.50 bits per heavy atom. The van der Waals surface area contributed by atoms with Gasteiger partial charge in [-0.05, 0) is 42.9 Å². The molecule has 0 bridgehead atoms. The molecule has 1 aliphatic carbocycles. The van der Waals surface area contributed by atoms with Gasteiger partial charge in [-0.1, -0.05) is 6.92 Å². The zero-order chi connectivity index (χ0) is 13.3. The molecule has 1 atom stereocenters. The third kappa shape index (κ3) is 3.00. The number of anilines is 1. The summed E-state index contributed by atoms with van der Waals surface area (Å²) in [5.74, 6) is 0.298. The summed E-state index contributed by atoms with van der Waals surface area (Å²) in [5.41, 5.74) is 5.63. The molecule has 6 heteroatoms. The fourth-order valence-electron chi connectivity index (χ4n) is 1.89. The van der Waals surface area contributed by atoms with Crippen molar-refractivity contribution in [2.24, 2.45) is 11.8 Å². The van der Waals surface area contributed by atoms with Crippen molar-refractivity contribution in [1.29, 1.82) is 0 Å². The van der Waals surface area contributed by atoms with Gasteiger partial charge in [-0.3, -0.25) is 0 Å². The molecule has 18 heavy (non-hydrogen) atoms. The van der Waals surface area contributed by atoms with Crippen molar-refractivity contribution < 1.29 is 12.8 Å². The van der Waals surface area contributed by atoms with Crippen LogP contribution < -0.4 is 10.5 Å². The number of halogens is 1. The molecular formula is C12H17FN2O2S. The average Bonchev–Trinajstić information content (AvgIpc) is 3.13. The molecule has 1 aromatic rings. The summed E-state index contributed by atoms with van der Waals surface area (Å²) in [5, 5.41) is 0. The van der Waals surface area contributed by atoms with Crippen LogP contribution in [0.15, 0.2) is 23.1 Å². The van der Waals surface area contributed by atoms with Crippen molar-refractivity contribution in [3.8, 4) is 0 Å². The molecule has 100 valence electrons. The molecule has 3 N–H and O–H groups in total. The first-order valence-corrected chi connectivity index (χ1v) is 7.43. The minimum absolute atomic E-state index is 0.0583. The Kier molecular flexibility index (Phi) is 3.59. The van der Waals surface area contributed by atoms with E-state index >= 15 is 0 Å². The van der Waals surface area contributed by atoms with Gasteiger partial charge in [-0.25, -0.2) is 17.5 Å². The van der Waals surface area contributed by atoms with E-state index in [0.29, 0.717) is 18.4 Å². The molecule has 1 saturated carbocycles. The molecular weight excluding hydrogens is 255 g/mol. The quantitative estimate of drug-likeness (QED) is 0.802. The molecule has 0 heterocycles. The SMILES string of the molecule is CC(CNS(=O)(=O)c1cc(F)ccc1N)C1CC1. The molecule has 0 amide bonds. The van der Waals surface area contributed by atoms with E-state index in [9.17, 15) is 12.8 Å². The Morgan fingerprint density at radius 3 is 2.78 bits per heavy atom. The molecule has 0 aliphatic heterocycles. The van der Waals surface area contributed by atoms with Crippen LogP contribution in [0.3, 0.4) is 0 Å². The Morgan fingerprint density at radius 2 is 2.17 bits per heavy atom. The Balaban J connectivity index is 2.11. The van der Waals surface area contributed by atoms with Gasteiger partial charge in [0.2, 0.25) is 10.0 Å². The monoisotopic (exact) mass is 272 g/mol. The van der Waals surface area contributed by atoms with E-state index in [1.807, 2.05) is 6.92 Å². The van der Waals surface area contributed by atoms with E-state index in [-0.39, 0.29) is 10.6 Å². The highest BCUT2D eigenvalue weighted by Crippen LogP contribution is 2.36. The van der Waals surface area contributed by atoms with Crippen molar-refractivity contribution in [2.45, 2.75) is 24.7 Å². The number of sulfonamides is 1. The normalized spacial score (nSPS) is 17.7. The lowest BCUT2D eigenvalue weighted by Crippen LogP contribution is -2.29. The van der Waals surface area contributed by atoms with Crippen LogP contribution in [0.4, 0.5) is 10.1 Å². The minimum Gasteiger partial charge on any atom is -0.398 e. The molecule has 2 rings (SSSR count). The zero-order valence-corrected chi connectivity index (χ0v) is 11.0. The number of rotatable bonds is 5. The second-order valence-electron chi connectivity index (χ2n) is 4.85. The number of nitrogens with two attached hydrogens (primary N) is 1. The highest BCUT2D eigenvalue weighted by Gasteiger charge is 2.29. The fourth-order valence-corrected chi connectivity index (χ4v) is 3.18. The van der Waals surface area contributed by atoms with Crippen molar-refractivity contribution in [3.05, 3.63) is 24.0 Å². The Labute approximate surface area is 106 Å². The van der Waals surface area contributed by atoms with Gasteiger partial charge in [-0.15, -0.1) is 0 Å². The number of hydrogen-bond donors (Lipinski definition) is 2. The molecule has 1 aromatic carbocycles. The van der Waals surface area contributed by atoms with E-state index in [2.05, 4.69) is 4.72 Å². The maximum absolute atomic E-state index is 13.1. The summed E-state index contributed by atoms with van der Waals surface area (Å²) in [6.07, 6.45) is 2.32. The zero-order valence-electron chi connectivity index (χ0n) is 10.2. The molecule has 0 spiro atoms. The summed E-state index contributed by atoms with van der Waals surface area (Å²) < 4.78 is 39.5. The van der Waals surface area contributed by atoms with Crippen LogP contribution in [0.25, 0.3) is 0 Å². The van der Waals surface area contributed by atoms with E-state index < -0.39 is 15.8 Å². The van der Waals surface area contributed by atoms with E-state index in [1.54, 1.807) is 0 Å². The molecule has 1 aliphatic rings. The van der Waals surface area contributed by atoms with Crippen LogP contribution in [0.1, 0.15) is 19.8 Å². The standard InChI is InChI=1S/C12H17FN2O2S/c1-8(9-2-3-9)7-15-18(16,17)12-6-10(13)4-5-11(12)14/h4-6,8-9,15H,2-3,7,14H2,1H3. The lowest BCUT2D eigenvalue weighted by Gasteiger charge is -2.13. The lowest BCUT2D eigenvalue weighted by atomic mass is 10.1. The molecule has 4 nitrogen and oxygen atoms in total. The van der Waals surface area contributed by atoms with Gasteiger partial charge in [0.1, 0.15) is 10.7 Å². The molecule has 0 saturated heterocycles. The summed E-state index contributed by atoms with van der Waals surface area (Å²) in [6, 6.07) is 3.34. The van der Waals surface area contributed by atoms with Gasteiger partial charge in [-0.2, -0.15) is 0 Å². The summed E-state index contributed by atoms with van der Waals surface area (Å²) in [7, 11) is -3.73. The first-order chi connectivity index (χ1) is 8.40. The van der Waals surface area contributed by atoms with Gasteiger partial charge >= 0.3 is 0 Å². The molecule has 1 unspecified atom stereocenters. The first kappa shape index (κ1) is 13.3. The Bertz CT molecular complexity index is 541. The highest BCUT2D eigenvalue weighted by atomic mass is 32.2. The number of hydrogen-bond acceptors (Lipinski definition) is 3. The largest absolute Gasteiger partial charge is 0.398 e. The third-order valence-electron chi connectivity index (χ3n) is 3.29. The van der Waals surface area contributed by atoms with Gasteiger partial charge in [0.25, 0.3) is 0 Å². The third-order valence-corrected chi connectivity index (χ3v) is 4.77. The van der Waals surface area contributed by atoms with Gasteiger partial charge in [0.15, 0.2) is 0 Å². The minimum atomic E-state index is -3.73. The number of benzene rings is 1. The topological polar surface area (TPSA) is 72.2 Å². The average molecular weight is 272 g/mol. The van der Waals surface area contributed by atoms with Crippen molar-refractivity contribution in [3.63, 3.8) is 0 Å². The van der Waals surface area contributed by atoms with E-state index in [1.165, 1.54) is 6.07 Å². The van der Waals surface area contributed by atoms with Gasteiger partial charge in [0, 0.05) is 6.54 Å². The number of nitrogen functional groups attached to an aromatic ring is 1. The van der Waals surface area contributed by atoms with Gasteiger partial charge < -0.3 is 5.73 Å².